The fraction of sp³-hybridized carbons (Fsp3) is 0.333. The zero-order valence-electron chi connectivity index (χ0n) is 11.9. The van der Waals surface area contributed by atoms with E-state index in [1.165, 1.54) is 0 Å². The van der Waals surface area contributed by atoms with Crippen LogP contribution in [0.15, 0.2) is 35.3 Å². The van der Waals surface area contributed by atoms with Gasteiger partial charge in [0.2, 0.25) is 5.91 Å². The van der Waals surface area contributed by atoms with Crippen LogP contribution in [0.5, 0.6) is 5.75 Å². The lowest BCUT2D eigenvalue weighted by Gasteiger charge is -2.01. The zero-order chi connectivity index (χ0) is 15.2. The molecule has 1 aliphatic rings. The van der Waals surface area contributed by atoms with Gasteiger partial charge in [-0.05, 0) is 49.0 Å². The molecule has 6 heteroatoms. The highest BCUT2D eigenvalue weighted by Gasteiger charge is 2.18. The average Bonchev–Trinajstić information content (AvgIpc) is 3.02. The molecule has 0 radical (unpaired) electrons. The van der Waals surface area contributed by atoms with Crippen LogP contribution >= 0.6 is 0 Å². The summed E-state index contributed by atoms with van der Waals surface area (Å²) in [4.78, 5) is 24.3. The van der Waals surface area contributed by atoms with Gasteiger partial charge in [0.25, 0.3) is 5.56 Å². The molecule has 1 atom stereocenters. The molecule has 0 aliphatic carbocycles. The smallest absolute Gasteiger partial charge is 0.255 e. The van der Waals surface area contributed by atoms with Gasteiger partial charge >= 0.3 is 0 Å². The third-order valence-electron chi connectivity index (χ3n) is 3.38. The molecule has 1 aliphatic heterocycles. The van der Waals surface area contributed by atoms with E-state index in [0.717, 1.165) is 30.5 Å². The minimum atomic E-state index is -0.220. The molecule has 1 amide bonds. The number of amides is 1. The average molecular weight is 289 g/mol. The third kappa shape index (κ3) is 3.82. The third-order valence-corrected chi connectivity index (χ3v) is 3.38. The number of methoxy groups -OCH3 is 1. The highest BCUT2D eigenvalue weighted by molar-refractivity contribution is 5.82. The molecule has 0 unspecified atom stereocenters. The fourth-order valence-corrected chi connectivity index (χ4v) is 2.22. The number of nitrogens with two attached hydrogens (primary N) is 1. The van der Waals surface area contributed by atoms with E-state index >= 15 is 0 Å². The molecular formula is C15H19N3O3. The Balaban J connectivity index is 0.000000173. The number of carbonyl (C=O) groups excluding carboxylic acids is 1. The second-order valence-corrected chi connectivity index (χ2v) is 4.81. The van der Waals surface area contributed by atoms with E-state index < -0.39 is 0 Å². The molecule has 2 heterocycles. The van der Waals surface area contributed by atoms with Crippen LogP contribution in [0.2, 0.25) is 0 Å². The van der Waals surface area contributed by atoms with Crippen molar-refractivity contribution in [1.82, 2.24) is 10.3 Å². The highest BCUT2D eigenvalue weighted by atomic mass is 16.5. The first kappa shape index (κ1) is 15.1. The van der Waals surface area contributed by atoms with Crippen molar-refractivity contribution in [2.75, 3.05) is 13.7 Å². The Morgan fingerprint density at radius 1 is 1.38 bits per heavy atom. The molecule has 0 saturated carbocycles. The number of carbonyl (C=O) groups is 1. The molecule has 0 spiro atoms. The Kier molecular flexibility index (Phi) is 4.94. The number of rotatable bonds is 2. The van der Waals surface area contributed by atoms with Gasteiger partial charge in [0, 0.05) is 11.6 Å². The first-order valence-corrected chi connectivity index (χ1v) is 6.80. The maximum absolute atomic E-state index is 11.3. The van der Waals surface area contributed by atoms with Gasteiger partial charge in [-0.3, -0.25) is 9.59 Å². The Bertz CT molecular complexity index is 675. The van der Waals surface area contributed by atoms with Crippen molar-refractivity contribution < 1.29 is 9.53 Å². The lowest BCUT2D eigenvalue weighted by molar-refractivity contribution is -0.119. The quantitative estimate of drug-likeness (QED) is 0.760. The maximum Gasteiger partial charge on any atom is 0.255 e. The summed E-state index contributed by atoms with van der Waals surface area (Å²) in [6.45, 7) is 0.938. The van der Waals surface area contributed by atoms with Gasteiger partial charge in [0.05, 0.1) is 13.2 Å². The van der Waals surface area contributed by atoms with Crippen LogP contribution in [-0.2, 0) is 4.79 Å². The molecule has 112 valence electrons. The molecule has 1 aromatic heterocycles. The SMILES string of the molecule is COc1ccc2c(=O)[nH]ccc2c1.NC(=O)[C@@H]1CCCN1. The Hall–Kier alpha value is -2.34. The van der Waals surface area contributed by atoms with Crippen molar-refractivity contribution in [2.45, 2.75) is 18.9 Å². The van der Waals surface area contributed by atoms with E-state index in [2.05, 4.69) is 10.3 Å². The molecule has 2 aromatic rings. The summed E-state index contributed by atoms with van der Waals surface area (Å²) < 4.78 is 5.05. The van der Waals surface area contributed by atoms with E-state index in [1.54, 1.807) is 25.4 Å². The predicted molar refractivity (Wildman–Crippen MR) is 81.3 cm³/mol. The Labute approximate surface area is 122 Å². The number of H-pyrrole nitrogens is 1. The number of primary amides is 1. The molecule has 3 rings (SSSR count). The number of benzene rings is 1. The van der Waals surface area contributed by atoms with Gasteiger partial charge < -0.3 is 20.8 Å². The van der Waals surface area contributed by atoms with E-state index in [0.29, 0.717) is 5.39 Å². The van der Waals surface area contributed by atoms with E-state index in [-0.39, 0.29) is 17.5 Å². The van der Waals surface area contributed by atoms with Crippen LogP contribution in [0.3, 0.4) is 0 Å². The van der Waals surface area contributed by atoms with Crippen molar-refractivity contribution in [3.8, 4) is 5.75 Å². The molecule has 21 heavy (non-hydrogen) atoms. The lowest BCUT2D eigenvalue weighted by atomic mass is 10.2. The standard InChI is InChI=1S/C10H9NO2.C5H10N2O/c1-13-8-2-3-9-7(6-8)4-5-11-10(9)12;6-5(8)4-2-1-3-7-4/h2-6H,1H3,(H,11,12);4,7H,1-3H2,(H2,6,8)/t;4-/m.0/s1. The fourth-order valence-electron chi connectivity index (χ4n) is 2.22. The predicted octanol–water partition coefficient (Wildman–Crippen LogP) is 0.760. The summed E-state index contributed by atoms with van der Waals surface area (Å²) in [5.74, 6) is 0.542. The highest BCUT2D eigenvalue weighted by Crippen LogP contribution is 2.16. The first-order valence-electron chi connectivity index (χ1n) is 6.80. The van der Waals surface area contributed by atoms with E-state index in [4.69, 9.17) is 10.5 Å². The number of fused-ring (bicyclic) bond motifs is 1. The number of hydrogen-bond acceptors (Lipinski definition) is 4. The topological polar surface area (TPSA) is 97.2 Å². The van der Waals surface area contributed by atoms with Crippen molar-refractivity contribution in [3.05, 3.63) is 40.8 Å². The van der Waals surface area contributed by atoms with Crippen LogP contribution < -0.4 is 21.3 Å². The van der Waals surface area contributed by atoms with Crippen LogP contribution in [0, 0.1) is 0 Å². The largest absolute Gasteiger partial charge is 0.497 e. The summed E-state index contributed by atoms with van der Waals surface area (Å²) in [5.41, 5.74) is 4.93. The number of ether oxygens (including phenoxy) is 1. The van der Waals surface area contributed by atoms with E-state index in [9.17, 15) is 9.59 Å². The van der Waals surface area contributed by atoms with Gasteiger partial charge in [-0.25, -0.2) is 0 Å². The summed E-state index contributed by atoms with van der Waals surface area (Å²) in [6, 6.07) is 7.17. The van der Waals surface area contributed by atoms with Crippen molar-refractivity contribution >= 4 is 16.7 Å². The lowest BCUT2D eigenvalue weighted by Crippen LogP contribution is -2.36. The monoisotopic (exact) mass is 289 g/mol. The molecule has 1 saturated heterocycles. The molecule has 6 nitrogen and oxygen atoms in total. The second-order valence-electron chi connectivity index (χ2n) is 4.81. The van der Waals surface area contributed by atoms with Crippen LogP contribution in [0.4, 0.5) is 0 Å². The number of nitrogens with one attached hydrogen (secondary N) is 2. The molecule has 0 bridgehead atoms. The van der Waals surface area contributed by atoms with Gasteiger partial charge in [0.1, 0.15) is 5.75 Å². The summed E-state index contributed by atoms with van der Waals surface area (Å²) in [7, 11) is 1.61. The molecular weight excluding hydrogens is 270 g/mol. The van der Waals surface area contributed by atoms with Gasteiger partial charge in [-0.15, -0.1) is 0 Å². The number of aromatic amines is 1. The summed E-state index contributed by atoms with van der Waals surface area (Å²) in [5, 5.41) is 4.56. The summed E-state index contributed by atoms with van der Waals surface area (Å²) >= 11 is 0. The number of pyridine rings is 1. The Morgan fingerprint density at radius 3 is 2.76 bits per heavy atom. The van der Waals surface area contributed by atoms with Crippen molar-refractivity contribution in [3.63, 3.8) is 0 Å². The van der Waals surface area contributed by atoms with Gasteiger partial charge in [0.15, 0.2) is 0 Å². The minimum Gasteiger partial charge on any atom is -0.497 e. The van der Waals surface area contributed by atoms with Crippen molar-refractivity contribution in [1.29, 1.82) is 0 Å². The molecule has 1 fully saturated rings. The van der Waals surface area contributed by atoms with Gasteiger partial charge in [-0.2, -0.15) is 0 Å². The zero-order valence-corrected chi connectivity index (χ0v) is 11.9. The normalized spacial score (nSPS) is 17.1. The minimum absolute atomic E-state index is 0.0463. The summed E-state index contributed by atoms with van der Waals surface area (Å²) in [6.07, 6.45) is 3.62. The van der Waals surface area contributed by atoms with Crippen LogP contribution in [0.1, 0.15) is 12.8 Å². The van der Waals surface area contributed by atoms with Crippen LogP contribution in [0.25, 0.3) is 10.8 Å². The number of aromatic nitrogens is 1. The Morgan fingerprint density at radius 2 is 2.19 bits per heavy atom. The molecule has 1 aromatic carbocycles. The van der Waals surface area contributed by atoms with E-state index in [1.807, 2.05) is 12.1 Å². The number of hydrogen-bond donors (Lipinski definition) is 3. The van der Waals surface area contributed by atoms with Gasteiger partial charge in [-0.1, -0.05) is 0 Å². The second kappa shape index (κ2) is 6.90. The van der Waals surface area contributed by atoms with Crippen LogP contribution in [-0.4, -0.2) is 30.6 Å². The maximum atomic E-state index is 11.3. The molecule has 4 N–H and O–H groups in total. The van der Waals surface area contributed by atoms with Crippen molar-refractivity contribution in [2.24, 2.45) is 5.73 Å². The first-order chi connectivity index (χ1) is 10.1.